The van der Waals surface area contributed by atoms with Crippen molar-refractivity contribution in [3.63, 3.8) is 0 Å². The van der Waals surface area contributed by atoms with Crippen molar-refractivity contribution in [1.82, 2.24) is 15.3 Å². The number of nitrogens with one attached hydrogen (secondary N) is 2. The van der Waals surface area contributed by atoms with Crippen LogP contribution in [0.4, 0.5) is 0 Å². The molecule has 0 aliphatic rings. The molecule has 0 aromatic carbocycles. The number of hydrogen-bond acceptors (Lipinski definition) is 3. The van der Waals surface area contributed by atoms with Gasteiger partial charge in [-0.3, -0.25) is 4.79 Å². The van der Waals surface area contributed by atoms with E-state index in [9.17, 15) is 4.79 Å². The molecule has 0 atom stereocenters. The minimum Gasteiger partial charge on any atom is -0.356 e. The fourth-order valence-electron chi connectivity index (χ4n) is 1.39. The molecule has 5 heteroatoms. The number of aryl methyl sites for hydroxylation is 1. The van der Waals surface area contributed by atoms with Gasteiger partial charge in [0.1, 0.15) is 5.82 Å². The predicted octanol–water partition coefficient (Wildman–Crippen LogP) is 0.586. The topological polar surface area (TPSA) is 83.8 Å². The van der Waals surface area contributed by atoms with Crippen LogP contribution in [0.1, 0.15) is 32.5 Å². The summed E-state index contributed by atoms with van der Waals surface area (Å²) in [5.41, 5.74) is 5.30. The van der Waals surface area contributed by atoms with E-state index in [0.717, 1.165) is 18.7 Å². The molecular formula is C11H20N4O. The molecule has 1 aromatic heterocycles. The quantitative estimate of drug-likeness (QED) is 0.618. The molecule has 90 valence electrons. The molecule has 0 spiro atoms. The first kappa shape index (κ1) is 12.7. The number of carbonyl (C=O) groups excluding carboxylic acids is 1. The number of aromatic nitrogens is 2. The van der Waals surface area contributed by atoms with Crippen LogP contribution in [0.5, 0.6) is 0 Å². The van der Waals surface area contributed by atoms with E-state index >= 15 is 0 Å². The zero-order valence-corrected chi connectivity index (χ0v) is 9.92. The third-order valence-electron chi connectivity index (χ3n) is 2.08. The highest BCUT2D eigenvalue weighted by molar-refractivity contribution is 5.76. The SMILES string of the molecule is CC(C)(N)CC(=O)NCCCc1ncc[nH]1. The fourth-order valence-corrected chi connectivity index (χ4v) is 1.39. The van der Waals surface area contributed by atoms with E-state index in [1.165, 1.54) is 0 Å². The van der Waals surface area contributed by atoms with Gasteiger partial charge in [-0.2, -0.15) is 0 Å². The molecule has 0 radical (unpaired) electrons. The van der Waals surface area contributed by atoms with Crippen LogP contribution < -0.4 is 11.1 Å². The van der Waals surface area contributed by atoms with Crippen LogP contribution >= 0.6 is 0 Å². The van der Waals surface area contributed by atoms with Crippen molar-refractivity contribution >= 4 is 5.91 Å². The molecule has 0 bridgehead atoms. The van der Waals surface area contributed by atoms with Crippen LogP contribution in [0.25, 0.3) is 0 Å². The molecule has 0 aliphatic heterocycles. The Morgan fingerprint density at radius 3 is 2.94 bits per heavy atom. The zero-order chi connectivity index (χ0) is 12.0. The van der Waals surface area contributed by atoms with Crippen molar-refractivity contribution in [3.05, 3.63) is 18.2 Å². The lowest BCUT2D eigenvalue weighted by Crippen LogP contribution is -2.39. The van der Waals surface area contributed by atoms with Gasteiger partial charge in [-0.25, -0.2) is 4.98 Å². The largest absolute Gasteiger partial charge is 0.356 e. The average Bonchev–Trinajstić information content (AvgIpc) is 2.62. The third-order valence-corrected chi connectivity index (χ3v) is 2.08. The van der Waals surface area contributed by atoms with Crippen molar-refractivity contribution in [2.24, 2.45) is 5.73 Å². The summed E-state index contributed by atoms with van der Waals surface area (Å²) >= 11 is 0. The number of nitrogens with two attached hydrogens (primary N) is 1. The first-order valence-electron chi connectivity index (χ1n) is 5.51. The van der Waals surface area contributed by atoms with Crippen LogP contribution in [-0.2, 0) is 11.2 Å². The summed E-state index contributed by atoms with van der Waals surface area (Å²) in [5.74, 6) is 0.959. The van der Waals surface area contributed by atoms with Gasteiger partial charge in [0, 0.05) is 37.3 Å². The Hall–Kier alpha value is -1.36. The van der Waals surface area contributed by atoms with Gasteiger partial charge in [-0.1, -0.05) is 0 Å². The number of nitrogens with zero attached hydrogens (tertiary/aromatic N) is 1. The molecule has 1 amide bonds. The maximum atomic E-state index is 11.4. The number of rotatable bonds is 6. The summed E-state index contributed by atoms with van der Waals surface area (Å²) < 4.78 is 0. The Kier molecular flexibility index (Phi) is 4.49. The summed E-state index contributed by atoms with van der Waals surface area (Å²) in [6.45, 7) is 4.35. The highest BCUT2D eigenvalue weighted by Gasteiger charge is 2.15. The predicted molar refractivity (Wildman–Crippen MR) is 62.8 cm³/mol. The minimum atomic E-state index is -0.439. The number of aromatic amines is 1. The van der Waals surface area contributed by atoms with E-state index < -0.39 is 5.54 Å². The summed E-state index contributed by atoms with van der Waals surface area (Å²) in [4.78, 5) is 18.5. The second kappa shape index (κ2) is 5.65. The fraction of sp³-hybridized carbons (Fsp3) is 0.636. The summed E-state index contributed by atoms with van der Waals surface area (Å²) in [5, 5.41) is 2.84. The van der Waals surface area contributed by atoms with Gasteiger partial charge >= 0.3 is 0 Å². The lowest BCUT2D eigenvalue weighted by molar-refractivity contribution is -0.122. The molecule has 4 N–H and O–H groups in total. The van der Waals surface area contributed by atoms with E-state index in [-0.39, 0.29) is 5.91 Å². The lowest BCUT2D eigenvalue weighted by atomic mass is 10.0. The van der Waals surface area contributed by atoms with Crippen LogP contribution in [0.2, 0.25) is 0 Å². The molecule has 0 aliphatic carbocycles. The van der Waals surface area contributed by atoms with Crippen molar-refractivity contribution < 1.29 is 4.79 Å². The zero-order valence-electron chi connectivity index (χ0n) is 9.92. The summed E-state index contributed by atoms with van der Waals surface area (Å²) in [7, 11) is 0. The Bertz CT molecular complexity index is 313. The second-order valence-electron chi connectivity index (χ2n) is 4.65. The molecule has 0 unspecified atom stereocenters. The maximum Gasteiger partial charge on any atom is 0.221 e. The molecule has 1 rings (SSSR count). The van der Waals surface area contributed by atoms with Crippen molar-refractivity contribution in [1.29, 1.82) is 0 Å². The number of carbonyl (C=O) groups is 1. The molecule has 0 fully saturated rings. The highest BCUT2D eigenvalue weighted by Crippen LogP contribution is 2.02. The third kappa shape index (κ3) is 5.50. The van der Waals surface area contributed by atoms with Gasteiger partial charge in [0.15, 0.2) is 0 Å². The monoisotopic (exact) mass is 224 g/mol. The smallest absolute Gasteiger partial charge is 0.221 e. The number of hydrogen-bond donors (Lipinski definition) is 3. The van der Waals surface area contributed by atoms with E-state index in [1.807, 2.05) is 13.8 Å². The molecule has 1 heterocycles. The molecular weight excluding hydrogens is 204 g/mol. The second-order valence-corrected chi connectivity index (χ2v) is 4.65. The minimum absolute atomic E-state index is 0.00643. The van der Waals surface area contributed by atoms with Gasteiger partial charge in [0.25, 0.3) is 0 Å². The maximum absolute atomic E-state index is 11.4. The van der Waals surface area contributed by atoms with Gasteiger partial charge < -0.3 is 16.0 Å². The number of imidazole rings is 1. The summed E-state index contributed by atoms with van der Waals surface area (Å²) in [6.07, 6.45) is 5.60. The Labute approximate surface area is 95.8 Å². The number of H-pyrrole nitrogens is 1. The van der Waals surface area contributed by atoms with E-state index in [2.05, 4.69) is 15.3 Å². The van der Waals surface area contributed by atoms with Crippen LogP contribution in [-0.4, -0.2) is 28.0 Å². The average molecular weight is 224 g/mol. The van der Waals surface area contributed by atoms with Crippen LogP contribution in [0.3, 0.4) is 0 Å². The first-order valence-corrected chi connectivity index (χ1v) is 5.51. The van der Waals surface area contributed by atoms with Gasteiger partial charge in [-0.15, -0.1) is 0 Å². The molecule has 0 saturated heterocycles. The highest BCUT2D eigenvalue weighted by atomic mass is 16.1. The van der Waals surface area contributed by atoms with Crippen molar-refractivity contribution in [2.45, 2.75) is 38.6 Å². The summed E-state index contributed by atoms with van der Waals surface area (Å²) in [6, 6.07) is 0. The number of amides is 1. The molecule has 0 saturated carbocycles. The lowest BCUT2D eigenvalue weighted by Gasteiger charge is -2.17. The Morgan fingerprint density at radius 2 is 2.38 bits per heavy atom. The molecule has 5 nitrogen and oxygen atoms in total. The van der Waals surface area contributed by atoms with Gasteiger partial charge in [0.2, 0.25) is 5.91 Å². The first-order chi connectivity index (χ1) is 7.47. The van der Waals surface area contributed by atoms with Gasteiger partial charge in [-0.05, 0) is 20.3 Å². The van der Waals surface area contributed by atoms with E-state index in [0.29, 0.717) is 13.0 Å². The Balaban J connectivity index is 2.09. The van der Waals surface area contributed by atoms with E-state index in [4.69, 9.17) is 5.73 Å². The van der Waals surface area contributed by atoms with Crippen molar-refractivity contribution in [3.8, 4) is 0 Å². The van der Waals surface area contributed by atoms with Gasteiger partial charge in [0.05, 0.1) is 0 Å². The molecule has 16 heavy (non-hydrogen) atoms. The van der Waals surface area contributed by atoms with Crippen LogP contribution in [0, 0.1) is 0 Å². The standard InChI is InChI=1S/C11H20N4O/c1-11(2,12)8-10(16)15-5-3-4-9-13-6-7-14-9/h6-7H,3-5,8,12H2,1-2H3,(H,13,14)(H,15,16). The van der Waals surface area contributed by atoms with E-state index in [1.54, 1.807) is 12.4 Å². The Morgan fingerprint density at radius 1 is 1.62 bits per heavy atom. The molecule has 1 aromatic rings. The van der Waals surface area contributed by atoms with Crippen LogP contribution in [0.15, 0.2) is 12.4 Å². The normalized spacial score (nSPS) is 11.4. The van der Waals surface area contributed by atoms with Crippen molar-refractivity contribution in [2.75, 3.05) is 6.54 Å².